The van der Waals surface area contributed by atoms with Crippen LogP contribution >= 0.6 is 0 Å². The first-order valence-corrected chi connectivity index (χ1v) is 5.66. The Hall–Kier alpha value is -1.28. The molecule has 0 aliphatic heterocycles. The van der Waals surface area contributed by atoms with Gasteiger partial charge in [0.1, 0.15) is 5.75 Å². The molecule has 0 spiro atoms. The van der Waals surface area contributed by atoms with Crippen molar-refractivity contribution < 1.29 is 4.74 Å². The molecule has 2 heteroatoms. The summed E-state index contributed by atoms with van der Waals surface area (Å²) in [6, 6.07) is 8.61. The lowest BCUT2D eigenvalue weighted by Gasteiger charge is -2.08. The Bertz CT molecular complexity index is 356. The van der Waals surface area contributed by atoms with Crippen molar-refractivity contribution >= 4 is 6.08 Å². The maximum absolute atomic E-state index is 5.19. The summed E-state index contributed by atoms with van der Waals surface area (Å²) in [5.74, 6) is 0.901. The minimum absolute atomic E-state index is 0.522. The third kappa shape index (κ3) is 4.49. The standard InChI is InChI=1S/C14H21NO/c1-11(2)15-10-12(3)8-13-6-5-7-14(9-13)16-4/h5-9,11,15H,10H2,1-4H3. The van der Waals surface area contributed by atoms with E-state index in [9.17, 15) is 0 Å². The number of rotatable bonds is 5. The number of nitrogens with one attached hydrogen (secondary N) is 1. The van der Waals surface area contributed by atoms with Crippen molar-refractivity contribution in [1.29, 1.82) is 0 Å². The summed E-state index contributed by atoms with van der Waals surface area (Å²) in [7, 11) is 1.69. The highest BCUT2D eigenvalue weighted by Gasteiger charge is 1.96. The molecule has 16 heavy (non-hydrogen) atoms. The maximum Gasteiger partial charge on any atom is 0.119 e. The Labute approximate surface area is 98.3 Å². The van der Waals surface area contributed by atoms with Crippen molar-refractivity contribution in [2.24, 2.45) is 0 Å². The molecule has 0 unspecified atom stereocenters. The number of methoxy groups -OCH3 is 1. The van der Waals surface area contributed by atoms with Crippen molar-refractivity contribution in [3.8, 4) is 5.75 Å². The zero-order valence-electron chi connectivity index (χ0n) is 10.6. The van der Waals surface area contributed by atoms with Crippen LogP contribution in [-0.2, 0) is 0 Å². The Morgan fingerprint density at radius 3 is 2.81 bits per heavy atom. The maximum atomic E-state index is 5.19. The number of benzene rings is 1. The molecule has 1 rings (SSSR count). The van der Waals surface area contributed by atoms with Crippen LogP contribution < -0.4 is 10.1 Å². The number of hydrogen-bond donors (Lipinski definition) is 1. The Morgan fingerprint density at radius 1 is 1.44 bits per heavy atom. The zero-order chi connectivity index (χ0) is 12.0. The molecule has 0 aromatic heterocycles. The van der Waals surface area contributed by atoms with Gasteiger partial charge in [-0.3, -0.25) is 0 Å². The van der Waals surface area contributed by atoms with Gasteiger partial charge in [-0.25, -0.2) is 0 Å². The van der Waals surface area contributed by atoms with Gasteiger partial charge in [0.25, 0.3) is 0 Å². The smallest absolute Gasteiger partial charge is 0.119 e. The molecule has 1 N–H and O–H groups in total. The average molecular weight is 219 g/mol. The monoisotopic (exact) mass is 219 g/mol. The average Bonchev–Trinajstić information content (AvgIpc) is 2.26. The van der Waals surface area contributed by atoms with E-state index in [0.29, 0.717) is 6.04 Å². The van der Waals surface area contributed by atoms with E-state index >= 15 is 0 Å². The summed E-state index contributed by atoms with van der Waals surface area (Å²) in [5, 5.41) is 3.39. The summed E-state index contributed by atoms with van der Waals surface area (Å²) in [4.78, 5) is 0. The van der Waals surface area contributed by atoms with Crippen LogP contribution in [0.5, 0.6) is 5.75 Å². The molecule has 0 radical (unpaired) electrons. The zero-order valence-corrected chi connectivity index (χ0v) is 10.6. The van der Waals surface area contributed by atoms with Gasteiger partial charge < -0.3 is 10.1 Å². The minimum atomic E-state index is 0.522. The van der Waals surface area contributed by atoms with Crippen LogP contribution in [0.15, 0.2) is 29.8 Å². The topological polar surface area (TPSA) is 21.3 Å². The lowest BCUT2D eigenvalue weighted by Crippen LogP contribution is -2.24. The Balaban J connectivity index is 2.65. The Morgan fingerprint density at radius 2 is 2.19 bits per heavy atom. The normalized spacial score (nSPS) is 11.9. The summed E-state index contributed by atoms with van der Waals surface area (Å²) in [6.07, 6.45) is 2.18. The molecule has 0 aliphatic rings. The summed E-state index contributed by atoms with van der Waals surface area (Å²) >= 11 is 0. The third-order valence-electron chi connectivity index (χ3n) is 2.30. The fourth-order valence-corrected chi connectivity index (χ4v) is 1.43. The van der Waals surface area contributed by atoms with Crippen LogP contribution in [0.3, 0.4) is 0 Å². The van der Waals surface area contributed by atoms with Crippen LogP contribution in [-0.4, -0.2) is 19.7 Å². The van der Waals surface area contributed by atoms with Gasteiger partial charge in [0, 0.05) is 12.6 Å². The van der Waals surface area contributed by atoms with Gasteiger partial charge in [0.15, 0.2) is 0 Å². The van der Waals surface area contributed by atoms with Crippen molar-refractivity contribution in [2.45, 2.75) is 26.8 Å². The molecule has 0 saturated carbocycles. The molecule has 0 aliphatic carbocycles. The molecular formula is C14H21NO. The molecule has 0 bridgehead atoms. The molecule has 0 amide bonds. The van der Waals surface area contributed by atoms with Gasteiger partial charge >= 0.3 is 0 Å². The van der Waals surface area contributed by atoms with E-state index < -0.39 is 0 Å². The third-order valence-corrected chi connectivity index (χ3v) is 2.30. The molecule has 0 atom stereocenters. The van der Waals surface area contributed by atoms with Crippen LogP contribution in [0, 0.1) is 0 Å². The van der Waals surface area contributed by atoms with Gasteiger partial charge in [-0.15, -0.1) is 0 Å². The van der Waals surface area contributed by atoms with E-state index in [0.717, 1.165) is 12.3 Å². The second kappa shape index (κ2) is 6.33. The van der Waals surface area contributed by atoms with Gasteiger partial charge in [-0.1, -0.05) is 37.6 Å². The highest BCUT2D eigenvalue weighted by atomic mass is 16.5. The minimum Gasteiger partial charge on any atom is -0.497 e. The van der Waals surface area contributed by atoms with Crippen LogP contribution in [0.1, 0.15) is 26.3 Å². The largest absolute Gasteiger partial charge is 0.497 e. The van der Waals surface area contributed by atoms with Crippen molar-refractivity contribution in [3.05, 3.63) is 35.4 Å². The SMILES string of the molecule is COc1cccc(C=C(C)CNC(C)C)c1. The molecule has 0 heterocycles. The van der Waals surface area contributed by atoms with Gasteiger partial charge in [-0.2, -0.15) is 0 Å². The fraction of sp³-hybridized carbons (Fsp3) is 0.429. The summed E-state index contributed by atoms with van der Waals surface area (Å²) < 4.78 is 5.19. The van der Waals surface area contributed by atoms with E-state index in [1.807, 2.05) is 18.2 Å². The number of hydrogen-bond acceptors (Lipinski definition) is 2. The van der Waals surface area contributed by atoms with Crippen molar-refractivity contribution in [1.82, 2.24) is 5.32 Å². The predicted octanol–water partition coefficient (Wildman–Crippen LogP) is 3.10. The van der Waals surface area contributed by atoms with Gasteiger partial charge in [0.05, 0.1) is 7.11 Å². The summed E-state index contributed by atoms with van der Waals surface area (Å²) in [5.41, 5.74) is 2.50. The van der Waals surface area contributed by atoms with Gasteiger partial charge in [0.2, 0.25) is 0 Å². The lowest BCUT2D eigenvalue weighted by molar-refractivity contribution is 0.414. The number of ether oxygens (including phenoxy) is 1. The van der Waals surface area contributed by atoms with Crippen molar-refractivity contribution in [2.75, 3.05) is 13.7 Å². The molecule has 0 saturated heterocycles. The first kappa shape index (κ1) is 12.8. The fourth-order valence-electron chi connectivity index (χ4n) is 1.43. The second-order valence-electron chi connectivity index (χ2n) is 4.30. The van der Waals surface area contributed by atoms with Crippen LogP contribution in [0.2, 0.25) is 0 Å². The van der Waals surface area contributed by atoms with E-state index in [4.69, 9.17) is 4.74 Å². The van der Waals surface area contributed by atoms with E-state index in [2.05, 4.69) is 38.2 Å². The molecule has 88 valence electrons. The molecule has 1 aromatic carbocycles. The molecular weight excluding hydrogens is 198 g/mol. The van der Waals surface area contributed by atoms with Crippen molar-refractivity contribution in [3.63, 3.8) is 0 Å². The van der Waals surface area contributed by atoms with Gasteiger partial charge in [-0.05, 0) is 24.6 Å². The van der Waals surface area contributed by atoms with Crippen LogP contribution in [0.25, 0.3) is 6.08 Å². The molecule has 0 fully saturated rings. The molecule has 2 nitrogen and oxygen atoms in total. The predicted molar refractivity (Wildman–Crippen MR) is 69.8 cm³/mol. The van der Waals surface area contributed by atoms with E-state index in [1.54, 1.807) is 7.11 Å². The molecule has 1 aromatic rings. The first-order chi connectivity index (χ1) is 7.61. The van der Waals surface area contributed by atoms with E-state index in [1.165, 1.54) is 11.1 Å². The first-order valence-electron chi connectivity index (χ1n) is 5.66. The quantitative estimate of drug-likeness (QED) is 0.821. The Kier molecular flexibility index (Phi) is 5.06. The second-order valence-corrected chi connectivity index (χ2v) is 4.30. The summed E-state index contributed by atoms with van der Waals surface area (Å²) in [6.45, 7) is 7.36. The highest BCUT2D eigenvalue weighted by Crippen LogP contribution is 2.14. The lowest BCUT2D eigenvalue weighted by atomic mass is 10.1. The van der Waals surface area contributed by atoms with Crippen LogP contribution in [0.4, 0.5) is 0 Å². The highest BCUT2D eigenvalue weighted by molar-refractivity contribution is 5.54. The van der Waals surface area contributed by atoms with E-state index in [-0.39, 0.29) is 0 Å².